The van der Waals surface area contributed by atoms with Crippen LogP contribution in [0, 0.1) is 11.8 Å². The quantitative estimate of drug-likeness (QED) is 0.814. The van der Waals surface area contributed by atoms with Gasteiger partial charge in [-0.2, -0.15) is 0 Å². The summed E-state index contributed by atoms with van der Waals surface area (Å²) < 4.78 is 5.62. The predicted molar refractivity (Wildman–Crippen MR) is 95.3 cm³/mol. The molecule has 1 amide bonds. The first-order valence-corrected chi connectivity index (χ1v) is 8.62. The van der Waals surface area contributed by atoms with Gasteiger partial charge in [0.2, 0.25) is 5.91 Å². The van der Waals surface area contributed by atoms with Crippen LogP contribution in [-0.2, 0) is 14.3 Å². The number of carbonyl (C=O) groups is 2. The Hall–Kier alpha value is -2.92. The molecule has 26 heavy (non-hydrogen) atoms. The minimum Gasteiger partial charge on any atom is -0.481 e. The Labute approximate surface area is 151 Å². The molecule has 2 heterocycles. The number of ether oxygens (including phenoxy) is 1. The molecule has 0 aliphatic carbocycles. The van der Waals surface area contributed by atoms with Gasteiger partial charge in [-0.05, 0) is 11.1 Å². The molecule has 2 N–H and O–H groups in total. The maximum atomic E-state index is 13.0. The lowest BCUT2D eigenvalue weighted by molar-refractivity contribution is -0.146. The lowest BCUT2D eigenvalue weighted by Gasteiger charge is -2.25. The second kappa shape index (κ2) is 6.77. The zero-order valence-corrected chi connectivity index (χ0v) is 14.0. The Kier molecular flexibility index (Phi) is 4.31. The monoisotopic (exact) mass is 349 g/mol. The number of carbonyl (C=O) groups excluding carboxylic acids is 1. The SMILES string of the molecule is O=C(NC(c1ccccc1)c1ccccc1)[C@@H]1[C@H](C(=O)O)[C@@H]2C=C[C@H]1O2. The predicted octanol–water partition coefficient (Wildman–Crippen LogP) is 2.55. The topological polar surface area (TPSA) is 75.6 Å². The highest BCUT2D eigenvalue weighted by atomic mass is 16.5. The number of carboxylic acid groups (broad SMARTS) is 1. The lowest BCUT2D eigenvalue weighted by atomic mass is 9.82. The molecule has 2 aliphatic heterocycles. The highest BCUT2D eigenvalue weighted by molar-refractivity contribution is 5.87. The molecule has 0 radical (unpaired) electrons. The third-order valence-corrected chi connectivity index (χ3v) is 5.04. The normalized spacial score (nSPS) is 26.2. The molecule has 0 aromatic heterocycles. The van der Waals surface area contributed by atoms with Crippen LogP contribution in [0.1, 0.15) is 17.2 Å². The van der Waals surface area contributed by atoms with Crippen molar-refractivity contribution in [1.82, 2.24) is 5.32 Å². The molecule has 0 unspecified atom stereocenters. The van der Waals surface area contributed by atoms with Crippen molar-refractivity contribution in [1.29, 1.82) is 0 Å². The number of aliphatic carboxylic acids is 1. The van der Waals surface area contributed by atoms with Crippen molar-refractivity contribution >= 4 is 11.9 Å². The Balaban J connectivity index is 1.63. The van der Waals surface area contributed by atoms with E-state index in [1.165, 1.54) is 0 Å². The molecule has 5 nitrogen and oxygen atoms in total. The molecular weight excluding hydrogens is 330 g/mol. The standard InChI is InChI=1S/C21H19NO4/c23-20(17-15-11-12-16(26-15)18(17)21(24)25)22-19(13-7-3-1-4-8-13)14-9-5-2-6-10-14/h1-12,15-19H,(H,22,23)(H,24,25)/t15-,16+,17+,18-/m1/s1. The van der Waals surface area contributed by atoms with Gasteiger partial charge in [-0.1, -0.05) is 72.8 Å². The second-order valence-corrected chi connectivity index (χ2v) is 6.60. The van der Waals surface area contributed by atoms with Gasteiger partial charge in [0.1, 0.15) is 5.92 Å². The van der Waals surface area contributed by atoms with E-state index in [4.69, 9.17) is 4.74 Å². The molecule has 2 aromatic carbocycles. The minimum absolute atomic E-state index is 0.299. The Bertz CT molecular complexity index is 794. The first kappa shape index (κ1) is 16.5. The van der Waals surface area contributed by atoms with E-state index in [1.54, 1.807) is 12.2 Å². The summed E-state index contributed by atoms with van der Waals surface area (Å²) in [6, 6.07) is 19.0. The first-order valence-electron chi connectivity index (χ1n) is 8.62. The molecule has 2 bridgehead atoms. The van der Waals surface area contributed by atoms with Gasteiger partial charge in [-0.25, -0.2) is 0 Å². The minimum atomic E-state index is -1.00. The van der Waals surface area contributed by atoms with Gasteiger partial charge >= 0.3 is 5.97 Å². The molecule has 132 valence electrons. The van der Waals surface area contributed by atoms with Gasteiger partial charge in [0.15, 0.2) is 0 Å². The summed E-state index contributed by atoms with van der Waals surface area (Å²) in [7, 11) is 0. The number of fused-ring (bicyclic) bond motifs is 2. The van der Waals surface area contributed by atoms with Crippen molar-refractivity contribution in [2.45, 2.75) is 18.2 Å². The summed E-state index contributed by atoms with van der Waals surface area (Å²) >= 11 is 0. The van der Waals surface area contributed by atoms with Crippen LogP contribution in [-0.4, -0.2) is 29.2 Å². The summed E-state index contributed by atoms with van der Waals surface area (Å²) in [6.07, 6.45) is 2.52. The number of benzene rings is 2. The molecule has 4 rings (SSSR count). The van der Waals surface area contributed by atoms with E-state index in [0.717, 1.165) is 11.1 Å². The fraction of sp³-hybridized carbons (Fsp3) is 0.238. The van der Waals surface area contributed by atoms with E-state index in [2.05, 4.69) is 5.32 Å². The van der Waals surface area contributed by atoms with E-state index < -0.39 is 30.0 Å². The molecule has 2 aliphatic rings. The number of carboxylic acids is 1. The van der Waals surface area contributed by atoms with Crippen molar-refractivity contribution < 1.29 is 19.4 Å². The van der Waals surface area contributed by atoms with E-state index >= 15 is 0 Å². The van der Waals surface area contributed by atoms with Gasteiger partial charge in [0, 0.05) is 0 Å². The van der Waals surface area contributed by atoms with E-state index in [1.807, 2.05) is 60.7 Å². The third kappa shape index (κ3) is 2.91. The average molecular weight is 349 g/mol. The second-order valence-electron chi connectivity index (χ2n) is 6.60. The fourth-order valence-electron chi connectivity index (χ4n) is 3.80. The van der Waals surface area contributed by atoms with Crippen LogP contribution in [0.4, 0.5) is 0 Å². The highest BCUT2D eigenvalue weighted by Gasteiger charge is 2.53. The van der Waals surface area contributed by atoms with Crippen molar-refractivity contribution in [2.75, 3.05) is 0 Å². The zero-order chi connectivity index (χ0) is 18.1. The molecule has 4 atom stereocenters. The van der Waals surface area contributed by atoms with Gasteiger partial charge in [-0.3, -0.25) is 9.59 Å². The van der Waals surface area contributed by atoms with E-state index in [-0.39, 0.29) is 11.9 Å². The largest absolute Gasteiger partial charge is 0.481 e. The van der Waals surface area contributed by atoms with Crippen molar-refractivity contribution in [3.8, 4) is 0 Å². The Morgan fingerprint density at radius 3 is 1.85 bits per heavy atom. The summed E-state index contributed by atoms with van der Waals surface area (Å²) in [5, 5.41) is 12.6. The summed E-state index contributed by atoms with van der Waals surface area (Å²) in [4.78, 5) is 24.7. The maximum absolute atomic E-state index is 13.0. The smallest absolute Gasteiger partial charge is 0.310 e. The first-order chi connectivity index (χ1) is 12.6. The highest BCUT2D eigenvalue weighted by Crippen LogP contribution is 2.40. The molecule has 0 spiro atoms. The Morgan fingerprint density at radius 1 is 0.846 bits per heavy atom. The van der Waals surface area contributed by atoms with Crippen molar-refractivity contribution in [3.63, 3.8) is 0 Å². The maximum Gasteiger partial charge on any atom is 0.310 e. The van der Waals surface area contributed by atoms with Crippen LogP contribution in [0.25, 0.3) is 0 Å². The Morgan fingerprint density at radius 2 is 1.35 bits per heavy atom. The number of rotatable bonds is 5. The van der Waals surface area contributed by atoms with Crippen LogP contribution in [0.3, 0.4) is 0 Å². The van der Waals surface area contributed by atoms with E-state index in [9.17, 15) is 14.7 Å². The lowest BCUT2D eigenvalue weighted by Crippen LogP contribution is -2.43. The average Bonchev–Trinajstić information content (AvgIpc) is 3.29. The third-order valence-electron chi connectivity index (χ3n) is 5.04. The van der Waals surface area contributed by atoms with Gasteiger partial charge in [-0.15, -0.1) is 0 Å². The number of hydrogen-bond donors (Lipinski definition) is 2. The number of hydrogen-bond acceptors (Lipinski definition) is 3. The van der Waals surface area contributed by atoms with Crippen LogP contribution in [0.5, 0.6) is 0 Å². The van der Waals surface area contributed by atoms with Crippen molar-refractivity contribution in [2.24, 2.45) is 11.8 Å². The molecule has 2 aromatic rings. The molecular formula is C21H19NO4. The molecule has 1 fully saturated rings. The zero-order valence-electron chi connectivity index (χ0n) is 14.0. The summed E-state index contributed by atoms with van der Waals surface area (Å²) in [5.74, 6) is -2.88. The molecule has 1 saturated heterocycles. The van der Waals surface area contributed by atoms with Crippen LogP contribution in [0.15, 0.2) is 72.8 Å². The van der Waals surface area contributed by atoms with Gasteiger partial charge in [0.05, 0.1) is 24.2 Å². The number of nitrogens with one attached hydrogen (secondary N) is 1. The van der Waals surface area contributed by atoms with Crippen LogP contribution >= 0.6 is 0 Å². The van der Waals surface area contributed by atoms with Crippen LogP contribution < -0.4 is 5.32 Å². The van der Waals surface area contributed by atoms with E-state index in [0.29, 0.717) is 0 Å². The fourth-order valence-corrected chi connectivity index (χ4v) is 3.80. The molecule has 0 saturated carbocycles. The van der Waals surface area contributed by atoms with Crippen LogP contribution in [0.2, 0.25) is 0 Å². The van der Waals surface area contributed by atoms with Crippen molar-refractivity contribution in [3.05, 3.63) is 83.9 Å². The van der Waals surface area contributed by atoms with Gasteiger partial charge < -0.3 is 15.2 Å². The summed E-state index contributed by atoms with van der Waals surface area (Å²) in [5.41, 5.74) is 1.89. The van der Waals surface area contributed by atoms with Gasteiger partial charge in [0.25, 0.3) is 0 Å². The molecule has 5 heteroatoms. The summed E-state index contributed by atoms with van der Waals surface area (Å²) in [6.45, 7) is 0. The number of amides is 1.